The average molecular weight is 294 g/mol. The Bertz CT molecular complexity index is 449. The van der Waals surface area contributed by atoms with Crippen molar-refractivity contribution < 1.29 is 15.0 Å². The highest BCUT2D eigenvalue weighted by Gasteiger charge is 2.12. The molecular weight excluding hydrogens is 268 g/mol. The molecule has 0 heterocycles. The fraction of sp³-hybridized carbons (Fsp3) is 0.562. The van der Waals surface area contributed by atoms with Gasteiger partial charge in [0, 0.05) is 25.4 Å². The Morgan fingerprint density at radius 2 is 2.00 bits per heavy atom. The highest BCUT2D eigenvalue weighted by molar-refractivity contribution is 5.93. The van der Waals surface area contributed by atoms with E-state index in [4.69, 9.17) is 10.2 Å². The lowest BCUT2D eigenvalue weighted by atomic mass is 10.1. The van der Waals surface area contributed by atoms with Crippen LogP contribution in [0.4, 0.5) is 5.69 Å². The van der Waals surface area contributed by atoms with Crippen molar-refractivity contribution in [3.05, 3.63) is 29.3 Å². The molecule has 21 heavy (non-hydrogen) atoms. The number of rotatable bonds is 9. The number of anilines is 1. The van der Waals surface area contributed by atoms with Crippen LogP contribution in [0.5, 0.6) is 0 Å². The number of aryl methyl sites for hydroxylation is 2. The normalized spacial score (nSPS) is 10.9. The maximum Gasteiger partial charge on any atom is 0.238 e. The van der Waals surface area contributed by atoms with Gasteiger partial charge in [-0.15, -0.1) is 0 Å². The molecular formula is C16H26N2O3. The van der Waals surface area contributed by atoms with Crippen molar-refractivity contribution >= 4 is 11.6 Å². The first-order valence-electron chi connectivity index (χ1n) is 7.44. The molecule has 0 spiro atoms. The molecule has 5 heteroatoms. The SMILES string of the molecule is CCc1cccc(C)c1NC(=O)CN(CCO)CCCO. The molecule has 0 atom stereocenters. The Labute approximate surface area is 126 Å². The van der Waals surface area contributed by atoms with Gasteiger partial charge in [-0.1, -0.05) is 25.1 Å². The van der Waals surface area contributed by atoms with Gasteiger partial charge in [0.15, 0.2) is 0 Å². The van der Waals surface area contributed by atoms with Gasteiger partial charge < -0.3 is 15.5 Å². The predicted molar refractivity (Wildman–Crippen MR) is 84.4 cm³/mol. The summed E-state index contributed by atoms with van der Waals surface area (Å²) in [5.41, 5.74) is 3.05. The van der Waals surface area contributed by atoms with E-state index in [1.54, 1.807) is 0 Å². The monoisotopic (exact) mass is 294 g/mol. The molecule has 0 aliphatic heterocycles. The topological polar surface area (TPSA) is 72.8 Å². The highest BCUT2D eigenvalue weighted by Crippen LogP contribution is 2.20. The van der Waals surface area contributed by atoms with Crippen LogP contribution < -0.4 is 5.32 Å². The van der Waals surface area contributed by atoms with E-state index in [-0.39, 0.29) is 25.7 Å². The summed E-state index contributed by atoms with van der Waals surface area (Å²) in [7, 11) is 0. The van der Waals surface area contributed by atoms with Crippen LogP contribution in [0.3, 0.4) is 0 Å². The van der Waals surface area contributed by atoms with E-state index >= 15 is 0 Å². The maximum atomic E-state index is 12.2. The molecule has 1 aromatic carbocycles. The van der Waals surface area contributed by atoms with Crippen LogP contribution in [0, 0.1) is 6.92 Å². The lowest BCUT2D eigenvalue weighted by Crippen LogP contribution is -2.36. The molecule has 3 N–H and O–H groups in total. The Morgan fingerprint density at radius 1 is 1.24 bits per heavy atom. The summed E-state index contributed by atoms with van der Waals surface area (Å²) in [6.07, 6.45) is 1.46. The number of amides is 1. The molecule has 0 saturated carbocycles. The predicted octanol–water partition coefficient (Wildman–Crippen LogP) is 1.17. The zero-order chi connectivity index (χ0) is 15.7. The van der Waals surface area contributed by atoms with E-state index in [2.05, 4.69) is 12.2 Å². The number of aliphatic hydroxyl groups excluding tert-OH is 2. The maximum absolute atomic E-state index is 12.2. The standard InChI is InChI=1S/C16H26N2O3/c1-3-14-7-4-6-13(2)16(14)17-15(21)12-18(9-11-20)8-5-10-19/h4,6-7,19-20H,3,5,8-12H2,1-2H3,(H,17,21). The Kier molecular flexibility index (Phi) is 7.97. The number of aliphatic hydroxyl groups is 2. The molecule has 0 saturated heterocycles. The molecule has 118 valence electrons. The third-order valence-electron chi connectivity index (χ3n) is 3.42. The van der Waals surface area contributed by atoms with Gasteiger partial charge in [0.2, 0.25) is 5.91 Å². The molecule has 5 nitrogen and oxygen atoms in total. The number of nitrogens with zero attached hydrogens (tertiary/aromatic N) is 1. The molecule has 1 aromatic rings. The van der Waals surface area contributed by atoms with E-state index in [0.29, 0.717) is 19.5 Å². The number of benzene rings is 1. The van der Waals surface area contributed by atoms with Gasteiger partial charge in [0.1, 0.15) is 0 Å². The Balaban J connectivity index is 2.67. The highest BCUT2D eigenvalue weighted by atomic mass is 16.3. The van der Waals surface area contributed by atoms with Gasteiger partial charge in [0.05, 0.1) is 13.2 Å². The van der Waals surface area contributed by atoms with E-state index in [1.165, 1.54) is 0 Å². The lowest BCUT2D eigenvalue weighted by Gasteiger charge is -2.21. The summed E-state index contributed by atoms with van der Waals surface area (Å²) in [5.74, 6) is -0.0922. The van der Waals surface area contributed by atoms with E-state index in [1.807, 2.05) is 30.0 Å². The number of hydrogen-bond donors (Lipinski definition) is 3. The fourth-order valence-electron chi connectivity index (χ4n) is 2.29. The van der Waals surface area contributed by atoms with Crippen molar-refractivity contribution in [2.75, 3.05) is 38.2 Å². The lowest BCUT2D eigenvalue weighted by molar-refractivity contribution is -0.117. The summed E-state index contributed by atoms with van der Waals surface area (Å²) >= 11 is 0. The molecule has 0 fully saturated rings. The summed E-state index contributed by atoms with van der Waals surface area (Å²) in [5, 5.41) is 20.9. The van der Waals surface area contributed by atoms with Crippen molar-refractivity contribution in [1.82, 2.24) is 4.90 Å². The minimum absolute atomic E-state index is 0.00326. The van der Waals surface area contributed by atoms with Crippen molar-refractivity contribution in [3.8, 4) is 0 Å². The molecule has 1 rings (SSSR count). The third kappa shape index (κ3) is 5.83. The van der Waals surface area contributed by atoms with Gasteiger partial charge in [0.25, 0.3) is 0 Å². The van der Waals surface area contributed by atoms with Crippen molar-refractivity contribution in [3.63, 3.8) is 0 Å². The number of para-hydroxylation sites is 1. The van der Waals surface area contributed by atoms with Crippen LogP contribution in [0.1, 0.15) is 24.5 Å². The number of carbonyl (C=O) groups excluding carboxylic acids is 1. The minimum atomic E-state index is -0.0922. The smallest absolute Gasteiger partial charge is 0.238 e. The second kappa shape index (κ2) is 9.50. The number of carbonyl (C=O) groups is 1. The number of hydrogen-bond acceptors (Lipinski definition) is 4. The van der Waals surface area contributed by atoms with Gasteiger partial charge in [-0.2, -0.15) is 0 Å². The summed E-state index contributed by atoms with van der Waals surface area (Å²) in [6.45, 7) is 5.37. The first kappa shape index (κ1) is 17.6. The zero-order valence-corrected chi connectivity index (χ0v) is 12.9. The van der Waals surface area contributed by atoms with E-state index in [9.17, 15) is 4.79 Å². The van der Waals surface area contributed by atoms with Gasteiger partial charge in [-0.05, 0) is 30.9 Å². The number of nitrogens with one attached hydrogen (secondary N) is 1. The van der Waals surface area contributed by atoms with Crippen molar-refractivity contribution in [1.29, 1.82) is 0 Å². The van der Waals surface area contributed by atoms with Crippen molar-refractivity contribution in [2.45, 2.75) is 26.7 Å². The minimum Gasteiger partial charge on any atom is -0.396 e. The average Bonchev–Trinajstić information content (AvgIpc) is 2.47. The largest absolute Gasteiger partial charge is 0.396 e. The molecule has 0 aliphatic carbocycles. The first-order valence-corrected chi connectivity index (χ1v) is 7.44. The van der Waals surface area contributed by atoms with E-state index in [0.717, 1.165) is 23.2 Å². The van der Waals surface area contributed by atoms with Crippen LogP contribution in [0.25, 0.3) is 0 Å². The second-order valence-corrected chi connectivity index (χ2v) is 5.09. The zero-order valence-electron chi connectivity index (χ0n) is 12.9. The van der Waals surface area contributed by atoms with E-state index < -0.39 is 0 Å². The van der Waals surface area contributed by atoms with Gasteiger partial charge in [-0.25, -0.2) is 0 Å². The van der Waals surface area contributed by atoms with Crippen LogP contribution in [0.2, 0.25) is 0 Å². The van der Waals surface area contributed by atoms with Crippen LogP contribution >= 0.6 is 0 Å². The van der Waals surface area contributed by atoms with Crippen LogP contribution in [-0.2, 0) is 11.2 Å². The van der Waals surface area contributed by atoms with Gasteiger partial charge in [-0.3, -0.25) is 9.69 Å². The summed E-state index contributed by atoms with van der Waals surface area (Å²) < 4.78 is 0. The van der Waals surface area contributed by atoms with Crippen LogP contribution in [0.15, 0.2) is 18.2 Å². The van der Waals surface area contributed by atoms with Crippen LogP contribution in [-0.4, -0.2) is 53.9 Å². The third-order valence-corrected chi connectivity index (χ3v) is 3.42. The Hall–Kier alpha value is -1.43. The molecule has 0 radical (unpaired) electrons. The first-order chi connectivity index (χ1) is 10.1. The fourth-order valence-corrected chi connectivity index (χ4v) is 2.29. The molecule has 0 unspecified atom stereocenters. The molecule has 0 aromatic heterocycles. The summed E-state index contributed by atoms with van der Waals surface area (Å²) in [6, 6.07) is 5.98. The summed E-state index contributed by atoms with van der Waals surface area (Å²) in [4.78, 5) is 14.0. The molecule has 0 aliphatic rings. The van der Waals surface area contributed by atoms with Crippen molar-refractivity contribution in [2.24, 2.45) is 0 Å². The van der Waals surface area contributed by atoms with Gasteiger partial charge >= 0.3 is 0 Å². The quantitative estimate of drug-likeness (QED) is 0.639. The Morgan fingerprint density at radius 3 is 2.62 bits per heavy atom. The second-order valence-electron chi connectivity index (χ2n) is 5.09. The molecule has 0 bridgehead atoms. The molecule has 1 amide bonds.